The van der Waals surface area contributed by atoms with Crippen molar-refractivity contribution in [3.8, 4) is 0 Å². The van der Waals surface area contributed by atoms with Crippen molar-refractivity contribution in [1.82, 2.24) is 18.7 Å². The lowest BCUT2D eigenvalue weighted by Crippen LogP contribution is -2.37. The molecule has 23 heavy (non-hydrogen) atoms. The van der Waals surface area contributed by atoms with Gasteiger partial charge in [-0.25, -0.2) is 14.2 Å². The number of imidazole rings is 1. The molecule has 0 amide bonds. The molecule has 2 aromatic rings. The number of allylic oxidation sites excluding steroid dienone is 1. The molecule has 0 saturated heterocycles. The monoisotopic (exact) mass is 348 g/mol. The van der Waals surface area contributed by atoms with Gasteiger partial charge < -0.3 is 4.57 Å². The summed E-state index contributed by atoms with van der Waals surface area (Å²) in [4.78, 5) is 28.0. The normalized spacial score (nSPS) is 11.2. The highest BCUT2D eigenvalue weighted by Crippen LogP contribution is 2.16. The Hall–Kier alpha value is -1.97. The van der Waals surface area contributed by atoms with Gasteiger partial charge in [0.15, 0.2) is 17.0 Å². The summed E-state index contributed by atoms with van der Waals surface area (Å²) in [5, 5.41) is 0. The van der Waals surface area contributed by atoms with Crippen LogP contribution in [0.15, 0.2) is 27.8 Å². The number of nitrogens with zero attached hydrogens (tertiary/aromatic N) is 4. The number of thioether (sulfide) groups is 1. The topological polar surface area (TPSA) is 61.8 Å². The number of halogens is 3. The second-order valence-electron chi connectivity index (χ2n) is 4.84. The fourth-order valence-corrected chi connectivity index (χ4v) is 2.94. The molecule has 0 saturated carbocycles. The predicted octanol–water partition coefficient (Wildman–Crippen LogP) is 1.63. The Morgan fingerprint density at radius 2 is 1.87 bits per heavy atom. The van der Waals surface area contributed by atoms with Crippen molar-refractivity contribution < 1.29 is 13.2 Å². The molecule has 0 fully saturated rings. The van der Waals surface area contributed by atoms with Gasteiger partial charge in [-0.2, -0.15) is 20.5 Å². The average molecular weight is 348 g/mol. The summed E-state index contributed by atoms with van der Waals surface area (Å²) < 4.78 is 40.3. The van der Waals surface area contributed by atoms with Crippen molar-refractivity contribution in [2.45, 2.75) is 13.0 Å². The third-order valence-corrected chi connectivity index (χ3v) is 4.33. The number of hydrogen-bond acceptors (Lipinski definition) is 4. The van der Waals surface area contributed by atoms with Gasteiger partial charge in [0.1, 0.15) is 0 Å². The second-order valence-corrected chi connectivity index (χ2v) is 6.07. The van der Waals surface area contributed by atoms with Crippen LogP contribution in [0.1, 0.15) is 6.42 Å². The van der Waals surface area contributed by atoms with Crippen LogP contribution in [0.5, 0.6) is 0 Å². The third-order valence-electron chi connectivity index (χ3n) is 3.36. The lowest BCUT2D eigenvalue weighted by Gasteiger charge is -2.06. The van der Waals surface area contributed by atoms with E-state index in [9.17, 15) is 22.8 Å². The molecule has 0 unspecified atom stereocenters. The molecule has 0 atom stereocenters. The lowest BCUT2D eigenvalue weighted by atomic mass is 10.4. The maximum Gasteiger partial charge on any atom is 0.332 e. The van der Waals surface area contributed by atoms with E-state index >= 15 is 0 Å². The van der Waals surface area contributed by atoms with Gasteiger partial charge in [0.25, 0.3) is 5.56 Å². The Bertz CT molecular complexity index is 864. The second kappa shape index (κ2) is 7.07. The molecule has 2 heterocycles. The number of fused-ring (bicyclic) bond motifs is 1. The van der Waals surface area contributed by atoms with E-state index in [0.29, 0.717) is 17.8 Å². The largest absolute Gasteiger partial charge is 0.332 e. The predicted molar refractivity (Wildman–Crippen MR) is 82.5 cm³/mol. The summed E-state index contributed by atoms with van der Waals surface area (Å²) in [6.45, 7) is 0.401. The van der Waals surface area contributed by atoms with E-state index in [1.54, 1.807) is 4.57 Å². The highest BCUT2D eigenvalue weighted by atomic mass is 32.2. The van der Waals surface area contributed by atoms with Crippen molar-refractivity contribution in [3.63, 3.8) is 0 Å². The van der Waals surface area contributed by atoms with Crippen LogP contribution < -0.4 is 11.2 Å². The van der Waals surface area contributed by atoms with Crippen LogP contribution in [-0.2, 0) is 20.6 Å². The first-order valence-electron chi connectivity index (χ1n) is 6.72. The van der Waals surface area contributed by atoms with Crippen LogP contribution >= 0.6 is 11.8 Å². The first kappa shape index (κ1) is 17.4. The van der Waals surface area contributed by atoms with E-state index in [1.807, 2.05) is 0 Å². The zero-order chi connectivity index (χ0) is 17.1. The zero-order valence-corrected chi connectivity index (χ0v) is 13.4. The maximum absolute atomic E-state index is 12.6. The molecule has 126 valence electrons. The van der Waals surface area contributed by atoms with Gasteiger partial charge in [-0.15, -0.1) is 0 Å². The Morgan fingerprint density at radius 1 is 1.17 bits per heavy atom. The van der Waals surface area contributed by atoms with Crippen molar-refractivity contribution in [3.05, 3.63) is 39.1 Å². The lowest BCUT2D eigenvalue weighted by molar-refractivity contribution is 0.373. The molecule has 0 aromatic carbocycles. The van der Waals surface area contributed by atoms with E-state index in [4.69, 9.17) is 0 Å². The Kier molecular flexibility index (Phi) is 5.34. The van der Waals surface area contributed by atoms with Gasteiger partial charge in [-0.05, 0) is 5.75 Å². The smallest absolute Gasteiger partial charge is 0.324 e. The molecular formula is C13H15F3N4O2S. The molecule has 10 heteroatoms. The minimum absolute atomic E-state index is 0.215. The number of aromatic nitrogens is 4. The first-order chi connectivity index (χ1) is 10.8. The first-order valence-corrected chi connectivity index (χ1v) is 7.88. The van der Waals surface area contributed by atoms with Crippen LogP contribution in [0.25, 0.3) is 11.2 Å². The number of aryl methyl sites for hydroxylation is 2. The summed E-state index contributed by atoms with van der Waals surface area (Å²) in [7, 11) is 2.91. The van der Waals surface area contributed by atoms with Gasteiger partial charge in [-0.3, -0.25) is 13.9 Å². The van der Waals surface area contributed by atoms with Gasteiger partial charge in [0, 0.05) is 32.8 Å². The summed E-state index contributed by atoms with van der Waals surface area (Å²) in [5.41, 5.74) is -0.315. The van der Waals surface area contributed by atoms with E-state index in [2.05, 4.69) is 4.98 Å². The highest BCUT2D eigenvalue weighted by Gasteiger charge is 2.14. The van der Waals surface area contributed by atoms with Crippen molar-refractivity contribution in [2.24, 2.45) is 14.1 Å². The third kappa shape index (κ3) is 3.52. The summed E-state index contributed by atoms with van der Waals surface area (Å²) in [6, 6.07) is 0. The molecule has 2 rings (SSSR count). The fraction of sp³-hybridized carbons (Fsp3) is 0.462. The number of hydrogen-bond donors (Lipinski definition) is 0. The van der Waals surface area contributed by atoms with Crippen LogP contribution in [0.4, 0.5) is 13.2 Å². The van der Waals surface area contributed by atoms with Crippen LogP contribution in [0.3, 0.4) is 0 Å². The molecule has 0 N–H and O–H groups in total. The number of rotatable bonds is 6. The van der Waals surface area contributed by atoms with Gasteiger partial charge in [-0.1, -0.05) is 0 Å². The standard InChI is InChI=1S/C13H15F3N4O2S/c1-18-11-9(12(21)19(2)13(18)22)20(7-17-11)4-6-23-5-3-8(14)10(15)16/h7H,3-6H2,1-2H3. The van der Waals surface area contributed by atoms with Gasteiger partial charge in [0.2, 0.25) is 0 Å². The Balaban J connectivity index is 2.09. The van der Waals surface area contributed by atoms with E-state index in [0.717, 1.165) is 4.57 Å². The maximum atomic E-state index is 12.6. The summed E-state index contributed by atoms with van der Waals surface area (Å²) >= 11 is 1.29. The van der Waals surface area contributed by atoms with Gasteiger partial charge in [0.05, 0.1) is 6.33 Å². The minimum Gasteiger partial charge on any atom is -0.324 e. The Morgan fingerprint density at radius 3 is 2.52 bits per heavy atom. The molecule has 0 aliphatic rings. The van der Waals surface area contributed by atoms with Crippen molar-refractivity contribution in [1.29, 1.82) is 0 Å². The molecule has 2 aromatic heterocycles. The molecule has 0 bridgehead atoms. The van der Waals surface area contributed by atoms with Crippen LogP contribution in [-0.4, -0.2) is 30.2 Å². The van der Waals surface area contributed by atoms with Crippen molar-refractivity contribution in [2.75, 3.05) is 11.5 Å². The molecule has 0 radical (unpaired) electrons. The van der Waals surface area contributed by atoms with E-state index in [1.165, 1.54) is 36.8 Å². The molecule has 0 spiro atoms. The Labute approximate surface area is 133 Å². The van der Waals surface area contributed by atoms with E-state index < -0.39 is 23.2 Å². The van der Waals surface area contributed by atoms with Crippen LogP contribution in [0, 0.1) is 0 Å². The molecule has 0 aliphatic heterocycles. The van der Waals surface area contributed by atoms with E-state index in [-0.39, 0.29) is 17.8 Å². The minimum atomic E-state index is -2.28. The van der Waals surface area contributed by atoms with Crippen molar-refractivity contribution >= 4 is 22.9 Å². The fourth-order valence-electron chi connectivity index (χ4n) is 2.09. The molecular weight excluding hydrogens is 333 g/mol. The summed E-state index contributed by atoms with van der Waals surface area (Å²) in [6.07, 6.45) is -1.16. The quantitative estimate of drug-likeness (QED) is 0.745. The molecule has 0 aliphatic carbocycles. The highest BCUT2D eigenvalue weighted by molar-refractivity contribution is 7.99. The van der Waals surface area contributed by atoms with Gasteiger partial charge >= 0.3 is 11.8 Å². The molecule has 6 nitrogen and oxygen atoms in total. The van der Waals surface area contributed by atoms with Crippen LogP contribution in [0.2, 0.25) is 0 Å². The SMILES string of the molecule is Cn1c(=O)c2c(ncn2CCSCCC(F)=C(F)F)n(C)c1=O. The average Bonchev–Trinajstić information content (AvgIpc) is 2.94. The summed E-state index contributed by atoms with van der Waals surface area (Å²) in [5.74, 6) is -0.681. The zero-order valence-electron chi connectivity index (χ0n) is 12.6.